The Labute approximate surface area is 88.6 Å². The average Bonchev–Trinajstić information content (AvgIpc) is 2.28. The van der Waals surface area contributed by atoms with Gasteiger partial charge in [-0.05, 0) is 20.9 Å². The second-order valence-electron chi connectivity index (χ2n) is 4.18. The van der Waals surface area contributed by atoms with E-state index in [1.165, 1.54) is 0 Å². The smallest absolute Gasteiger partial charge is 0.325 e. The largest absolute Gasteiger partial charge is 0.390 e. The fourth-order valence-corrected chi connectivity index (χ4v) is 1.49. The molecule has 1 atom stereocenters. The molecule has 0 aromatic heterocycles. The van der Waals surface area contributed by atoms with E-state index in [1.807, 2.05) is 0 Å². The Hall–Kier alpha value is -1.14. The van der Waals surface area contributed by atoms with E-state index in [2.05, 4.69) is 10.6 Å². The molecule has 0 aliphatic carbocycles. The Morgan fingerprint density at radius 1 is 1.53 bits per heavy atom. The first-order valence-electron chi connectivity index (χ1n) is 4.85. The number of hydrogen-bond donors (Lipinski definition) is 3. The summed E-state index contributed by atoms with van der Waals surface area (Å²) >= 11 is 0. The maximum absolute atomic E-state index is 11.7. The summed E-state index contributed by atoms with van der Waals surface area (Å²) in [5.41, 5.74) is -0.865. The van der Waals surface area contributed by atoms with Crippen molar-refractivity contribution in [2.75, 3.05) is 20.1 Å². The second kappa shape index (κ2) is 4.16. The quantitative estimate of drug-likeness (QED) is 0.520. The molecule has 1 heterocycles. The predicted octanol–water partition coefficient (Wildman–Crippen LogP) is -1.10. The van der Waals surface area contributed by atoms with Gasteiger partial charge in [0.15, 0.2) is 0 Å². The molecule has 0 aromatic carbocycles. The van der Waals surface area contributed by atoms with Crippen LogP contribution < -0.4 is 10.6 Å². The summed E-state index contributed by atoms with van der Waals surface area (Å²) in [6.07, 6.45) is -0.737. The third-order valence-electron chi connectivity index (χ3n) is 2.28. The molecule has 1 aliphatic rings. The molecule has 3 N–H and O–H groups in total. The van der Waals surface area contributed by atoms with Gasteiger partial charge in [-0.25, -0.2) is 4.79 Å². The molecule has 0 bridgehead atoms. The lowest BCUT2D eigenvalue weighted by Crippen LogP contribution is -2.43. The van der Waals surface area contributed by atoms with E-state index in [9.17, 15) is 14.7 Å². The maximum Gasteiger partial charge on any atom is 0.325 e. The van der Waals surface area contributed by atoms with E-state index in [1.54, 1.807) is 20.9 Å². The van der Waals surface area contributed by atoms with Crippen molar-refractivity contribution < 1.29 is 14.7 Å². The molecular weight excluding hydrogens is 198 g/mol. The number of urea groups is 1. The van der Waals surface area contributed by atoms with Gasteiger partial charge in [0.25, 0.3) is 5.91 Å². The van der Waals surface area contributed by atoms with Crippen molar-refractivity contribution >= 4 is 11.9 Å². The zero-order chi connectivity index (χ0) is 11.6. The zero-order valence-electron chi connectivity index (χ0n) is 9.20. The van der Waals surface area contributed by atoms with Crippen LogP contribution in [-0.2, 0) is 4.79 Å². The van der Waals surface area contributed by atoms with Gasteiger partial charge in [-0.1, -0.05) is 0 Å². The highest BCUT2D eigenvalue weighted by molar-refractivity contribution is 6.06. The van der Waals surface area contributed by atoms with E-state index in [4.69, 9.17) is 0 Å². The lowest BCUT2D eigenvalue weighted by atomic mass is 10.1. The number of β-amino-alcohol motifs (C(OH)–C–C–N with tert-alkyl or cyclic N) is 1. The Bertz CT molecular complexity index is 278. The van der Waals surface area contributed by atoms with Gasteiger partial charge >= 0.3 is 6.03 Å². The molecule has 6 heteroatoms. The van der Waals surface area contributed by atoms with Crippen LogP contribution in [-0.4, -0.2) is 53.7 Å². The molecule has 1 saturated heterocycles. The topological polar surface area (TPSA) is 81.7 Å². The zero-order valence-corrected chi connectivity index (χ0v) is 9.20. The lowest BCUT2D eigenvalue weighted by molar-refractivity contribution is -0.131. The summed E-state index contributed by atoms with van der Waals surface area (Å²) in [5, 5.41) is 14.8. The minimum Gasteiger partial charge on any atom is -0.390 e. The van der Waals surface area contributed by atoms with Crippen LogP contribution >= 0.6 is 0 Å². The number of aliphatic hydroxyl groups excluding tert-OH is 1. The van der Waals surface area contributed by atoms with Crippen LogP contribution in [0.1, 0.15) is 13.8 Å². The van der Waals surface area contributed by atoms with Crippen LogP contribution in [0.15, 0.2) is 0 Å². The molecule has 1 rings (SSSR count). The van der Waals surface area contributed by atoms with Gasteiger partial charge in [-0.15, -0.1) is 0 Å². The monoisotopic (exact) mass is 215 g/mol. The van der Waals surface area contributed by atoms with Crippen LogP contribution in [0.2, 0.25) is 0 Å². The van der Waals surface area contributed by atoms with Crippen molar-refractivity contribution in [3.63, 3.8) is 0 Å². The molecule has 0 aromatic rings. The number of nitrogens with one attached hydrogen (secondary N) is 2. The third kappa shape index (κ3) is 2.45. The first kappa shape index (κ1) is 11.9. The van der Waals surface area contributed by atoms with Crippen LogP contribution in [0.4, 0.5) is 4.79 Å². The normalized spacial score (nSPS) is 21.7. The number of carbonyl (C=O) groups is 2. The molecule has 0 spiro atoms. The summed E-state index contributed by atoms with van der Waals surface area (Å²) in [6, 6.07) is -0.444. The minimum absolute atomic E-state index is 0.0228. The third-order valence-corrected chi connectivity index (χ3v) is 2.28. The molecule has 1 fully saturated rings. The van der Waals surface area contributed by atoms with Crippen molar-refractivity contribution in [2.45, 2.75) is 25.5 Å². The van der Waals surface area contributed by atoms with Crippen molar-refractivity contribution in [3.05, 3.63) is 0 Å². The summed E-state index contributed by atoms with van der Waals surface area (Å²) in [6.45, 7) is 3.64. The van der Waals surface area contributed by atoms with E-state index in [0.717, 1.165) is 4.90 Å². The molecule has 0 radical (unpaired) electrons. The van der Waals surface area contributed by atoms with Crippen LogP contribution in [0, 0.1) is 0 Å². The minimum atomic E-state index is -0.865. The molecule has 6 nitrogen and oxygen atoms in total. The molecular formula is C9H17N3O3. The summed E-state index contributed by atoms with van der Waals surface area (Å²) in [7, 11) is 1.69. The molecule has 86 valence electrons. The number of hydrogen-bond acceptors (Lipinski definition) is 4. The highest BCUT2D eigenvalue weighted by Gasteiger charge is 2.44. The van der Waals surface area contributed by atoms with Crippen molar-refractivity contribution in [3.8, 4) is 0 Å². The second-order valence-corrected chi connectivity index (χ2v) is 4.18. The van der Waals surface area contributed by atoms with Gasteiger partial charge in [-0.2, -0.15) is 0 Å². The van der Waals surface area contributed by atoms with Crippen molar-refractivity contribution in [1.82, 2.24) is 15.5 Å². The van der Waals surface area contributed by atoms with Gasteiger partial charge in [0.1, 0.15) is 5.54 Å². The summed E-state index contributed by atoms with van der Waals surface area (Å²) in [5.74, 6) is -0.303. The number of aliphatic hydroxyl groups is 1. The Balaban J connectivity index is 2.63. The number of likely N-dealkylation sites (N-methyl/N-ethyl adjacent to an activating group) is 1. The van der Waals surface area contributed by atoms with E-state index in [-0.39, 0.29) is 12.5 Å². The van der Waals surface area contributed by atoms with Gasteiger partial charge < -0.3 is 15.7 Å². The number of rotatable bonds is 4. The highest BCUT2D eigenvalue weighted by Crippen LogP contribution is 2.16. The molecule has 1 aliphatic heterocycles. The van der Waals surface area contributed by atoms with Gasteiger partial charge in [0.05, 0.1) is 12.6 Å². The Morgan fingerprint density at radius 2 is 2.13 bits per heavy atom. The molecule has 3 amide bonds. The number of imide groups is 1. The predicted molar refractivity (Wildman–Crippen MR) is 54.3 cm³/mol. The fourth-order valence-electron chi connectivity index (χ4n) is 1.49. The van der Waals surface area contributed by atoms with E-state index < -0.39 is 17.7 Å². The van der Waals surface area contributed by atoms with E-state index in [0.29, 0.717) is 6.54 Å². The SMILES string of the molecule is CNCC(O)CN1C(=O)NC(C)(C)C1=O. The maximum atomic E-state index is 11.7. The molecule has 0 saturated carbocycles. The Kier molecular flexibility index (Phi) is 3.31. The van der Waals surface area contributed by atoms with Crippen LogP contribution in [0.25, 0.3) is 0 Å². The number of amides is 3. The van der Waals surface area contributed by atoms with Gasteiger partial charge in [-0.3, -0.25) is 9.69 Å². The Morgan fingerprint density at radius 3 is 2.53 bits per heavy atom. The summed E-state index contributed by atoms with van der Waals surface area (Å²) in [4.78, 5) is 24.1. The number of carbonyl (C=O) groups excluding carboxylic acids is 2. The van der Waals surface area contributed by atoms with Crippen molar-refractivity contribution in [2.24, 2.45) is 0 Å². The fraction of sp³-hybridized carbons (Fsp3) is 0.778. The standard InChI is InChI=1S/C9H17N3O3/c1-9(2)7(14)12(8(15)11-9)5-6(13)4-10-3/h6,10,13H,4-5H2,1-3H3,(H,11,15). The highest BCUT2D eigenvalue weighted by atomic mass is 16.3. The first-order chi connectivity index (χ1) is 6.88. The number of nitrogens with zero attached hydrogens (tertiary/aromatic N) is 1. The average molecular weight is 215 g/mol. The van der Waals surface area contributed by atoms with Gasteiger partial charge in [0, 0.05) is 6.54 Å². The first-order valence-corrected chi connectivity index (χ1v) is 4.85. The molecule has 1 unspecified atom stereocenters. The molecule has 15 heavy (non-hydrogen) atoms. The van der Waals surface area contributed by atoms with Crippen LogP contribution in [0.3, 0.4) is 0 Å². The van der Waals surface area contributed by atoms with Gasteiger partial charge in [0.2, 0.25) is 0 Å². The summed E-state index contributed by atoms with van der Waals surface area (Å²) < 4.78 is 0. The van der Waals surface area contributed by atoms with Crippen LogP contribution in [0.5, 0.6) is 0 Å². The van der Waals surface area contributed by atoms with Crippen molar-refractivity contribution in [1.29, 1.82) is 0 Å². The van der Waals surface area contributed by atoms with E-state index >= 15 is 0 Å². The lowest BCUT2D eigenvalue weighted by Gasteiger charge is -2.18.